The molecule has 0 aromatic rings. The highest BCUT2D eigenvalue weighted by atomic mass is 19.3. The van der Waals surface area contributed by atoms with Gasteiger partial charge in [-0.05, 0) is 19.3 Å². The predicted molar refractivity (Wildman–Crippen MR) is 73.1 cm³/mol. The quantitative estimate of drug-likeness (QED) is 0.795. The third-order valence-corrected chi connectivity index (χ3v) is 4.51. The molecule has 2 aliphatic rings. The molecule has 1 unspecified atom stereocenters. The largest absolute Gasteiger partial charge is 0.388 e. The van der Waals surface area contributed by atoms with Gasteiger partial charge in [-0.3, -0.25) is 4.79 Å². The van der Waals surface area contributed by atoms with Crippen LogP contribution in [0.4, 0.5) is 8.78 Å². The van der Waals surface area contributed by atoms with Crippen LogP contribution in [0.2, 0.25) is 0 Å². The smallest absolute Gasteiger partial charge is 0.250 e. The van der Waals surface area contributed by atoms with E-state index in [4.69, 9.17) is 5.11 Å². The molecule has 2 N–H and O–H groups in total. The van der Waals surface area contributed by atoms with Crippen molar-refractivity contribution in [1.82, 2.24) is 9.80 Å². The molecule has 2 rings (SSSR count). The van der Waals surface area contributed by atoms with Crippen molar-refractivity contribution >= 4 is 5.91 Å². The molecule has 1 atom stereocenters. The van der Waals surface area contributed by atoms with Gasteiger partial charge >= 0.3 is 0 Å². The highest BCUT2D eigenvalue weighted by Gasteiger charge is 2.38. The number of carbonyl (C=O) groups is 1. The van der Waals surface area contributed by atoms with Crippen LogP contribution in [0.15, 0.2) is 0 Å². The van der Waals surface area contributed by atoms with E-state index in [1.807, 2.05) is 4.90 Å². The lowest BCUT2D eigenvalue weighted by Gasteiger charge is -2.37. The molecular formula is C14H24F2N2O3. The Bertz CT molecular complexity index is 371. The van der Waals surface area contributed by atoms with Gasteiger partial charge in [-0.1, -0.05) is 0 Å². The van der Waals surface area contributed by atoms with E-state index in [1.54, 1.807) is 4.90 Å². The average Bonchev–Trinajstić information content (AvgIpc) is 2.63. The maximum atomic E-state index is 13.1. The molecule has 1 amide bonds. The minimum absolute atomic E-state index is 0.155. The molecular weight excluding hydrogens is 282 g/mol. The number of likely N-dealkylation sites (tertiary alicyclic amines) is 2. The second-order valence-corrected chi connectivity index (χ2v) is 6.25. The van der Waals surface area contributed by atoms with Crippen LogP contribution in [-0.4, -0.2) is 76.8 Å². The summed E-state index contributed by atoms with van der Waals surface area (Å²) in [5.74, 6) is -2.90. The monoisotopic (exact) mass is 306 g/mol. The highest BCUT2D eigenvalue weighted by molar-refractivity contribution is 5.77. The molecule has 0 aromatic carbocycles. The number of hydrogen-bond acceptors (Lipinski definition) is 4. The van der Waals surface area contributed by atoms with Crippen LogP contribution in [0.5, 0.6) is 0 Å². The van der Waals surface area contributed by atoms with E-state index >= 15 is 0 Å². The van der Waals surface area contributed by atoms with Gasteiger partial charge in [0.15, 0.2) is 0 Å². The van der Waals surface area contributed by atoms with Gasteiger partial charge in [0.1, 0.15) is 6.61 Å². The summed E-state index contributed by atoms with van der Waals surface area (Å²) in [6.45, 7) is 1.40. The number of nitrogens with zero attached hydrogens (tertiary/aromatic N) is 2. The minimum Gasteiger partial charge on any atom is -0.388 e. The number of rotatable bonds is 3. The van der Waals surface area contributed by atoms with Gasteiger partial charge in [-0.25, -0.2) is 8.78 Å². The molecule has 0 aromatic heterocycles. The van der Waals surface area contributed by atoms with Crippen LogP contribution in [0.1, 0.15) is 32.1 Å². The first-order valence-corrected chi connectivity index (χ1v) is 7.55. The van der Waals surface area contributed by atoms with Gasteiger partial charge in [0, 0.05) is 45.6 Å². The topological polar surface area (TPSA) is 64.0 Å². The Morgan fingerprint density at radius 2 is 1.71 bits per heavy atom. The molecule has 2 aliphatic heterocycles. The van der Waals surface area contributed by atoms with Crippen LogP contribution in [0, 0.1) is 0 Å². The van der Waals surface area contributed by atoms with Crippen LogP contribution in [0.3, 0.4) is 0 Å². The van der Waals surface area contributed by atoms with Crippen molar-refractivity contribution in [2.24, 2.45) is 0 Å². The van der Waals surface area contributed by atoms with Crippen LogP contribution in [0.25, 0.3) is 0 Å². The summed E-state index contributed by atoms with van der Waals surface area (Å²) in [5, 5.41) is 19.6. The van der Waals surface area contributed by atoms with E-state index in [0.29, 0.717) is 52.0 Å². The van der Waals surface area contributed by atoms with Crippen molar-refractivity contribution in [2.45, 2.75) is 43.6 Å². The first kappa shape index (κ1) is 16.6. The van der Waals surface area contributed by atoms with Gasteiger partial charge in [0.2, 0.25) is 5.91 Å². The van der Waals surface area contributed by atoms with Gasteiger partial charge < -0.3 is 20.0 Å². The van der Waals surface area contributed by atoms with Gasteiger partial charge in [-0.15, -0.1) is 0 Å². The fourth-order valence-corrected chi connectivity index (χ4v) is 3.14. The van der Waals surface area contributed by atoms with E-state index in [1.165, 1.54) is 0 Å². The number of alkyl halides is 2. The summed E-state index contributed by atoms with van der Waals surface area (Å²) >= 11 is 0. The molecule has 21 heavy (non-hydrogen) atoms. The highest BCUT2D eigenvalue weighted by Crippen LogP contribution is 2.30. The zero-order chi connectivity index (χ0) is 15.5. The van der Waals surface area contributed by atoms with Crippen molar-refractivity contribution in [3.63, 3.8) is 0 Å². The number of aliphatic hydroxyl groups excluding tert-OH is 1. The van der Waals surface area contributed by atoms with Crippen molar-refractivity contribution in [1.29, 1.82) is 0 Å². The van der Waals surface area contributed by atoms with E-state index in [9.17, 15) is 18.7 Å². The minimum atomic E-state index is -2.58. The Morgan fingerprint density at radius 1 is 1.05 bits per heavy atom. The van der Waals surface area contributed by atoms with Gasteiger partial charge in [0.05, 0.1) is 5.60 Å². The van der Waals surface area contributed by atoms with Crippen molar-refractivity contribution < 1.29 is 23.8 Å². The van der Waals surface area contributed by atoms with Crippen molar-refractivity contribution in [3.05, 3.63) is 0 Å². The average molecular weight is 306 g/mol. The molecule has 2 fully saturated rings. The summed E-state index contributed by atoms with van der Waals surface area (Å²) in [5.41, 5.74) is -0.933. The number of aliphatic hydroxyl groups is 2. The Morgan fingerprint density at radius 3 is 2.33 bits per heavy atom. The fraction of sp³-hybridized carbons (Fsp3) is 0.929. The number of halogens is 2. The Kier molecular flexibility index (Phi) is 5.16. The Balaban J connectivity index is 1.86. The van der Waals surface area contributed by atoms with Gasteiger partial charge in [-0.2, -0.15) is 0 Å². The maximum absolute atomic E-state index is 13.1. The molecule has 0 saturated carbocycles. The van der Waals surface area contributed by atoms with Crippen LogP contribution in [-0.2, 0) is 4.79 Å². The number of carbonyl (C=O) groups excluding carboxylic acids is 1. The fourth-order valence-electron chi connectivity index (χ4n) is 3.14. The molecule has 2 saturated heterocycles. The molecule has 5 nitrogen and oxygen atoms in total. The van der Waals surface area contributed by atoms with E-state index in [2.05, 4.69) is 0 Å². The SMILES string of the molecule is O=C(CO)N1CCCC(O)(CN2CCC(F)(F)CC2)CC1. The Labute approximate surface area is 123 Å². The number of piperidine rings is 1. The maximum Gasteiger partial charge on any atom is 0.250 e. The summed E-state index contributed by atoms with van der Waals surface area (Å²) in [6.07, 6.45) is 1.32. The van der Waals surface area contributed by atoms with Gasteiger partial charge in [0.25, 0.3) is 5.92 Å². The molecule has 0 bridgehead atoms. The standard InChI is InChI=1S/C14H24F2N2O3/c15-14(16)4-7-17(8-5-14)11-13(21)2-1-6-18(9-3-13)12(20)10-19/h19,21H,1-11H2. The first-order valence-electron chi connectivity index (χ1n) is 7.55. The lowest BCUT2D eigenvalue weighted by Crippen LogP contribution is -2.48. The van der Waals surface area contributed by atoms with E-state index < -0.39 is 18.1 Å². The number of β-amino-alcohol motifs (C(OH)–C–C–N with tert-alkyl or cyclic N) is 1. The van der Waals surface area contributed by atoms with Crippen molar-refractivity contribution in [2.75, 3.05) is 39.3 Å². The molecule has 0 radical (unpaired) electrons. The molecule has 0 aliphatic carbocycles. The summed E-state index contributed by atoms with van der Waals surface area (Å²) in [7, 11) is 0. The normalized spacial score (nSPS) is 31.0. The second-order valence-electron chi connectivity index (χ2n) is 6.25. The summed E-state index contributed by atoms with van der Waals surface area (Å²) < 4.78 is 26.3. The lowest BCUT2D eigenvalue weighted by molar-refractivity contribution is -0.134. The molecule has 122 valence electrons. The zero-order valence-corrected chi connectivity index (χ0v) is 12.2. The second kappa shape index (κ2) is 6.54. The van der Waals surface area contributed by atoms with E-state index in [0.717, 1.165) is 0 Å². The van der Waals surface area contributed by atoms with Crippen LogP contribution < -0.4 is 0 Å². The number of hydrogen-bond donors (Lipinski definition) is 2. The zero-order valence-electron chi connectivity index (χ0n) is 12.2. The molecule has 0 spiro atoms. The lowest BCUT2D eigenvalue weighted by atomic mass is 9.93. The van der Waals surface area contributed by atoms with Crippen molar-refractivity contribution in [3.8, 4) is 0 Å². The van der Waals surface area contributed by atoms with Crippen LogP contribution >= 0.6 is 0 Å². The van der Waals surface area contributed by atoms with E-state index in [-0.39, 0.29) is 18.7 Å². The first-order chi connectivity index (χ1) is 9.84. The molecule has 2 heterocycles. The third-order valence-electron chi connectivity index (χ3n) is 4.51. The summed E-state index contributed by atoms with van der Waals surface area (Å²) in [4.78, 5) is 14.9. The number of amides is 1. The Hall–Kier alpha value is -0.790. The third kappa shape index (κ3) is 4.59. The predicted octanol–water partition coefficient (Wildman–Crippen LogP) is 0.453. The summed E-state index contributed by atoms with van der Waals surface area (Å²) in [6, 6.07) is 0. The molecule has 7 heteroatoms.